The molecule has 1 aromatic rings. The van der Waals surface area contributed by atoms with Gasteiger partial charge in [-0.2, -0.15) is 12.6 Å². The quantitative estimate of drug-likeness (QED) is 0.660. The highest BCUT2D eigenvalue weighted by Crippen LogP contribution is 2.49. The van der Waals surface area contributed by atoms with Gasteiger partial charge in [0.25, 0.3) is 11.8 Å². The lowest BCUT2D eigenvalue weighted by Crippen LogP contribution is -2.24. The highest BCUT2D eigenvalue weighted by atomic mass is 32.1. The zero-order valence-electron chi connectivity index (χ0n) is 11.7. The molecule has 0 atom stereocenters. The van der Waals surface area contributed by atoms with E-state index in [4.69, 9.17) is 0 Å². The molecule has 0 spiro atoms. The average molecular weight is 304 g/mol. The number of imide groups is 1. The Morgan fingerprint density at radius 1 is 1.29 bits per heavy atom. The number of fused-ring (bicyclic) bond motifs is 1. The van der Waals surface area contributed by atoms with E-state index in [0.717, 1.165) is 17.7 Å². The van der Waals surface area contributed by atoms with Crippen molar-refractivity contribution < 1.29 is 14.4 Å². The van der Waals surface area contributed by atoms with Gasteiger partial charge in [0, 0.05) is 19.2 Å². The van der Waals surface area contributed by atoms with Gasteiger partial charge in [0.15, 0.2) is 0 Å². The molecule has 0 bridgehead atoms. The third kappa shape index (κ3) is 2.44. The number of carbonyl (C=O) groups excluding carboxylic acids is 3. The Hall–Kier alpha value is -1.82. The maximum atomic E-state index is 12.0. The zero-order valence-corrected chi connectivity index (χ0v) is 12.6. The van der Waals surface area contributed by atoms with Gasteiger partial charge in [0.05, 0.1) is 11.1 Å². The molecule has 5 nitrogen and oxygen atoms in total. The minimum absolute atomic E-state index is 0.0515. The predicted octanol–water partition coefficient (Wildman–Crippen LogP) is 1.95. The molecule has 3 rings (SSSR count). The summed E-state index contributed by atoms with van der Waals surface area (Å²) < 4.78 is 0. The minimum Gasteiger partial charge on any atom is -0.326 e. The van der Waals surface area contributed by atoms with Crippen LogP contribution in [-0.4, -0.2) is 35.4 Å². The van der Waals surface area contributed by atoms with Crippen molar-refractivity contribution in [3.05, 3.63) is 29.3 Å². The summed E-state index contributed by atoms with van der Waals surface area (Å²) in [6.45, 7) is 0. The van der Waals surface area contributed by atoms with E-state index < -0.39 is 0 Å². The number of anilines is 1. The third-order valence-electron chi connectivity index (χ3n) is 4.20. The van der Waals surface area contributed by atoms with Crippen molar-refractivity contribution in [3.8, 4) is 0 Å². The summed E-state index contributed by atoms with van der Waals surface area (Å²) in [5.41, 5.74) is 1.32. The van der Waals surface area contributed by atoms with Crippen LogP contribution in [-0.2, 0) is 4.79 Å². The monoisotopic (exact) mass is 304 g/mol. The van der Waals surface area contributed by atoms with Gasteiger partial charge in [-0.25, -0.2) is 0 Å². The van der Waals surface area contributed by atoms with Crippen LogP contribution in [0.1, 0.15) is 40.0 Å². The van der Waals surface area contributed by atoms with Crippen LogP contribution in [0.5, 0.6) is 0 Å². The van der Waals surface area contributed by atoms with Crippen molar-refractivity contribution in [1.29, 1.82) is 0 Å². The third-order valence-corrected chi connectivity index (χ3v) is 4.87. The summed E-state index contributed by atoms with van der Waals surface area (Å²) in [5.74, 6) is -0.00538. The molecule has 2 aliphatic rings. The SMILES string of the molecule is CN1C(=O)c2ccc(NC(=O)CC3(CS)CC3)cc2C1=O. The van der Waals surface area contributed by atoms with Gasteiger partial charge < -0.3 is 5.32 Å². The van der Waals surface area contributed by atoms with Crippen LogP contribution in [0.3, 0.4) is 0 Å². The molecule has 6 heteroatoms. The Bertz CT molecular complexity index is 652. The minimum atomic E-state index is -0.333. The van der Waals surface area contributed by atoms with Crippen molar-refractivity contribution in [1.82, 2.24) is 4.90 Å². The first kappa shape index (κ1) is 14.1. The molecule has 0 radical (unpaired) electrons. The standard InChI is InChI=1S/C15H16N2O3S/c1-17-13(19)10-3-2-9(6-11(10)14(17)20)16-12(18)7-15(8-21)4-5-15/h2-3,6,21H,4-5,7-8H2,1H3,(H,16,18). The normalized spacial score (nSPS) is 18.7. The molecule has 1 saturated carbocycles. The second-order valence-corrected chi connectivity index (χ2v) is 6.13. The van der Waals surface area contributed by atoms with Crippen LogP contribution in [0, 0.1) is 5.41 Å². The Balaban J connectivity index is 1.75. The largest absolute Gasteiger partial charge is 0.326 e. The van der Waals surface area contributed by atoms with Crippen LogP contribution < -0.4 is 5.32 Å². The van der Waals surface area contributed by atoms with E-state index in [1.54, 1.807) is 18.2 Å². The number of carbonyl (C=O) groups is 3. The Morgan fingerprint density at radius 2 is 1.95 bits per heavy atom. The number of amides is 3. The number of hydrogen-bond donors (Lipinski definition) is 2. The van der Waals surface area contributed by atoms with Gasteiger partial charge in [-0.05, 0) is 42.2 Å². The molecule has 1 aromatic carbocycles. The fraction of sp³-hybridized carbons (Fsp3) is 0.400. The van der Waals surface area contributed by atoms with Crippen molar-refractivity contribution in [2.24, 2.45) is 5.41 Å². The highest BCUT2D eigenvalue weighted by molar-refractivity contribution is 7.80. The molecule has 3 amide bonds. The molecule has 110 valence electrons. The number of rotatable bonds is 4. The second-order valence-electron chi connectivity index (χ2n) is 5.81. The number of nitrogens with zero attached hydrogens (tertiary/aromatic N) is 1. The smallest absolute Gasteiger partial charge is 0.261 e. The summed E-state index contributed by atoms with van der Waals surface area (Å²) in [4.78, 5) is 36.8. The lowest BCUT2D eigenvalue weighted by molar-refractivity contribution is -0.117. The molecule has 0 unspecified atom stereocenters. The van der Waals surface area contributed by atoms with Gasteiger partial charge in [-0.1, -0.05) is 0 Å². The van der Waals surface area contributed by atoms with Gasteiger partial charge in [-0.15, -0.1) is 0 Å². The first-order chi connectivity index (χ1) is 9.96. The van der Waals surface area contributed by atoms with E-state index in [0.29, 0.717) is 29.0 Å². The maximum Gasteiger partial charge on any atom is 0.261 e. The van der Waals surface area contributed by atoms with Crippen LogP contribution in [0.25, 0.3) is 0 Å². The van der Waals surface area contributed by atoms with Gasteiger partial charge in [0.2, 0.25) is 5.91 Å². The van der Waals surface area contributed by atoms with E-state index in [2.05, 4.69) is 17.9 Å². The molecule has 0 saturated heterocycles. The van der Waals surface area contributed by atoms with Crippen LogP contribution in [0.2, 0.25) is 0 Å². The van der Waals surface area contributed by atoms with E-state index in [9.17, 15) is 14.4 Å². The Morgan fingerprint density at radius 3 is 2.57 bits per heavy atom. The Labute approximate surface area is 128 Å². The average Bonchev–Trinajstić information content (AvgIpc) is 3.20. The topological polar surface area (TPSA) is 66.5 Å². The molecular weight excluding hydrogens is 288 g/mol. The van der Waals surface area contributed by atoms with Crippen LogP contribution >= 0.6 is 12.6 Å². The number of benzene rings is 1. The van der Waals surface area contributed by atoms with Crippen molar-refractivity contribution >= 4 is 36.0 Å². The van der Waals surface area contributed by atoms with Crippen LogP contribution in [0.4, 0.5) is 5.69 Å². The number of thiol groups is 1. The summed E-state index contributed by atoms with van der Waals surface area (Å²) in [6.07, 6.45) is 2.51. The van der Waals surface area contributed by atoms with Crippen molar-refractivity contribution in [2.75, 3.05) is 18.1 Å². The van der Waals surface area contributed by atoms with Gasteiger partial charge >= 0.3 is 0 Å². The maximum absolute atomic E-state index is 12.0. The summed E-state index contributed by atoms with van der Waals surface area (Å²) in [7, 11) is 1.45. The van der Waals surface area contributed by atoms with Crippen molar-refractivity contribution in [2.45, 2.75) is 19.3 Å². The van der Waals surface area contributed by atoms with E-state index in [-0.39, 0.29) is 23.1 Å². The zero-order chi connectivity index (χ0) is 15.2. The summed E-state index contributed by atoms with van der Waals surface area (Å²) in [6, 6.07) is 4.80. The molecular formula is C15H16N2O3S. The summed E-state index contributed by atoms with van der Waals surface area (Å²) >= 11 is 4.28. The number of hydrogen-bond acceptors (Lipinski definition) is 4. The molecule has 21 heavy (non-hydrogen) atoms. The van der Waals surface area contributed by atoms with E-state index in [1.165, 1.54) is 7.05 Å². The van der Waals surface area contributed by atoms with Crippen molar-refractivity contribution in [3.63, 3.8) is 0 Å². The summed E-state index contributed by atoms with van der Waals surface area (Å²) in [5, 5.41) is 2.80. The van der Waals surface area contributed by atoms with Gasteiger partial charge in [0.1, 0.15) is 0 Å². The molecule has 1 N–H and O–H groups in total. The fourth-order valence-electron chi connectivity index (χ4n) is 2.55. The lowest BCUT2D eigenvalue weighted by Gasteiger charge is -2.12. The molecule has 1 heterocycles. The second kappa shape index (κ2) is 4.87. The molecule has 1 aliphatic heterocycles. The van der Waals surface area contributed by atoms with E-state index >= 15 is 0 Å². The predicted molar refractivity (Wildman–Crippen MR) is 81.6 cm³/mol. The van der Waals surface area contributed by atoms with E-state index in [1.807, 2.05) is 0 Å². The Kier molecular flexibility index (Phi) is 3.28. The van der Waals surface area contributed by atoms with Gasteiger partial charge in [-0.3, -0.25) is 19.3 Å². The number of nitrogens with one attached hydrogen (secondary N) is 1. The first-order valence-corrected chi connectivity index (χ1v) is 7.46. The fourth-order valence-corrected chi connectivity index (χ4v) is 2.98. The first-order valence-electron chi connectivity index (χ1n) is 6.83. The molecule has 0 aromatic heterocycles. The molecule has 1 fully saturated rings. The highest BCUT2D eigenvalue weighted by Gasteiger charge is 2.43. The molecule has 1 aliphatic carbocycles. The van der Waals surface area contributed by atoms with Crippen LogP contribution in [0.15, 0.2) is 18.2 Å². The lowest BCUT2D eigenvalue weighted by atomic mass is 10.0.